The van der Waals surface area contributed by atoms with E-state index in [1.54, 1.807) is 0 Å². The molecule has 1 aromatic carbocycles. The van der Waals surface area contributed by atoms with Crippen molar-refractivity contribution in [3.63, 3.8) is 0 Å². The third-order valence-corrected chi connectivity index (χ3v) is 5.07. The SMILES string of the molecule is CNC1CC2CCCC(C1)N2c1ccc(C)cc1Cl. The van der Waals surface area contributed by atoms with Crippen LogP contribution in [0.1, 0.15) is 37.7 Å². The molecule has 0 aliphatic carbocycles. The molecule has 2 aliphatic heterocycles. The van der Waals surface area contributed by atoms with Crippen LogP contribution in [0.5, 0.6) is 0 Å². The summed E-state index contributed by atoms with van der Waals surface area (Å²) in [6.07, 6.45) is 6.47. The molecule has 2 atom stereocenters. The molecule has 1 N–H and O–H groups in total. The molecule has 0 amide bonds. The molecule has 0 saturated carbocycles. The van der Waals surface area contributed by atoms with Gasteiger partial charge in [0, 0.05) is 18.1 Å². The highest BCUT2D eigenvalue weighted by molar-refractivity contribution is 6.33. The number of halogens is 1. The summed E-state index contributed by atoms with van der Waals surface area (Å²) in [7, 11) is 2.09. The lowest BCUT2D eigenvalue weighted by atomic mass is 9.81. The summed E-state index contributed by atoms with van der Waals surface area (Å²) in [6.45, 7) is 2.10. The number of aryl methyl sites for hydroxylation is 1. The maximum atomic E-state index is 6.49. The third kappa shape index (κ3) is 2.48. The molecular formula is C16H23ClN2. The summed E-state index contributed by atoms with van der Waals surface area (Å²) in [5.74, 6) is 0. The highest BCUT2D eigenvalue weighted by Gasteiger charge is 2.38. The molecule has 2 heterocycles. The van der Waals surface area contributed by atoms with Gasteiger partial charge in [-0.05, 0) is 63.8 Å². The van der Waals surface area contributed by atoms with Crippen LogP contribution in [-0.2, 0) is 0 Å². The Morgan fingerprint density at radius 2 is 1.89 bits per heavy atom. The van der Waals surface area contributed by atoms with E-state index in [0.29, 0.717) is 18.1 Å². The van der Waals surface area contributed by atoms with Crippen molar-refractivity contribution in [3.8, 4) is 0 Å². The summed E-state index contributed by atoms with van der Waals surface area (Å²) in [6, 6.07) is 8.48. The average molecular weight is 279 g/mol. The fraction of sp³-hybridized carbons (Fsp3) is 0.625. The Balaban J connectivity index is 1.91. The van der Waals surface area contributed by atoms with Gasteiger partial charge in [-0.15, -0.1) is 0 Å². The molecular weight excluding hydrogens is 256 g/mol. The second kappa shape index (κ2) is 5.34. The molecule has 2 nitrogen and oxygen atoms in total. The predicted molar refractivity (Wildman–Crippen MR) is 82.2 cm³/mol. The monoisotopic (exact) mass is 278 g/mol. The van der Waals surface area contributed by atoms with Gasteiger partial charge >= 0.3 is 0 Å². The zero-order valence-electron chi connectivity index (χ0n) is 11.8. The average Bonchev–Trinajstić information content (AvgIpc) is 2.37. The highest BCUT2D eigenvalue weighted by atomic mass is 35.5. The first kappa shape index (κ1) is 13.3. The van der Waals surface area contributed by atoms with E-state index in [0.717, 1.165) is 5.02 Å². The molecule has 3 heteroatoms. The van der Waals surface area contributed by atoms with Crippen LogP contribution in [0.15, 0.2) is 18.2 Å². The van der Waals surface area contributed by atoms with Crippen LogP contribution < -0.4 is 10.2 Å². The molecule has 1 aromatic rings. The van der Waals surface area contributed by atoms with E-state index in [4.69, 9.17) is 11.6 Å². The zero-order valence-corrected chi connectivity index (χ0v) is 12.6. The Morgan fingerprint density at radius 3 is 2.47 bits per heavy atom. The fourth-order valence-corrected chi connectivity index (χ4v) is 4.16. The van der Waals surface area contributed by atoms with Crippen LogP contribution in [-0.4, -0.2) is 25.2 Å². The van der Waals surface area contributed by atoms with Crippen molar-refractivity contribution in [1.82, 2.24) is 5.32 Å². The van der Waals surface area contributed by atoms with Crippen molar-refractivity contribution in [2.24, 2.45) is 0 Å². The van der Waals surface area contributed by atoms with Crippen molar-refractivity contribution in [3.05, 3.63) is 28.8 Å². The quantitative estimate of drug-likeness (QED) is 0.886. The Labute approximate surface area is 121 Å². The smallest absolute Gasteiger partial charge is 0.0642 e. The Morgan fingerprint density at radius 1 is 1.21 bits per heavy atom. The van der Waals surface area contributed by atoms with Gasteiger partial charge in [0.15, 0.2) is 0 Å². The van der Waals surface area contributed by atoms with E-state index >= 15 is 0 Å². The van der Waals surface area contributed by atoms with Crippen LogP contribution >= 0.6 is 11.6 Å². The van der Waals surface area contributed by atoms with Crippen molar-refractivity contribution in [2.75, 3.05) is 11.9 Å². The van der Waals surface area contributed by atoms with Crippen molar-refractivity contribution < 1.29 is 0 Å². The van der Waals surface area contributed by atoms with Crippen molar-refractivity contribution in [1.29, 1.82) is 0 Å². The van der Waals surface area contributed by atoms with Gasteiger partial charge in [-0.1, -0.05) is 17.7 Å². The lowest BCUT2D eigenvalue weighted by molar-refractivity contribution is 0.252. The molecule has 104 valence electrons. The summed E-state index contributed by atoms with van der Waals surface area (Å²) in [5.41, 5.74) is 2.49. The van der Waals surface area contributed by atoms with E-state index in [1.165, 1.54) is 43.4 Å². The van der Waals surface area contributed by atoms with Gasteiger partial charge in [0.05, 0.1) is 10.7 Å². The maximum Gasteiger partial charge on any atom is 0.0642 e. The second-order valence-electron chi connectivity index (χ2n) is 6.06. The highest BCUT2D eigenvalue weighted by Crippen LogP contribution is 2.40. The summed E-state index contributed by atoms with van der Waals surface area (Å²) >= 11 is 6.49. The minimum Gasteiger partial charge on any atom is -0.364 e. The summed E-state index contributed by atoms with van der Waals surface area (Å²) < 4.78 is 0. The number of piperidine rings is 2. The number of benzene rings is 1. The molecule has 0 radical (unpaired) electrons. The Bertz CT molecular complexity index is 446. The molecule has 2 unspecified atom stereocenters. The fourth-order valence-electron chi connectivity index (χ4n) is 3.83. The lowest BCUT2D eigenvalue weighted by Gasteiger charge is -2.50. The summed E-state index contributed by atoms with van der Waals surface area (Å²) in [5, 5.41) is 4.39. The third-order valence-electron chi connectivity index (χ3n) is 4.76. The van der Waals surface area contributed by atoms with Gasteiger partial charge in [0.2, 0.25) is 0 Å². The second-order valence-corrected chi connectivity index (χ2v) is 6.46. The van der Waals surface area contributed by atoms with E-state index in [9.17, 15) is 0 Å². The number of hydrogen-bond donors (Lipinski definition) is 1. The number of nitrogens with zero attached hydrogens (tertiary/aromatic N) is 1. The first-order valence-corrected chi connectivity index (χ1v) is 7.78. The number of anilines is 1. The molecule has 2 fully saturated rings. The van der Waals surface area contributed by atoms with Crippen LogP contribution in [0.2, 0.25) is 5.02 Å². The van der Waals surface area contributed by atoms with Gasteiger partial charge in [-0.3, -0.25) is 0 Å². The van der Waals surface area contributed by atoms with Gasteiger partial charge < -0.3 is 10.2 Å². The minimum atomic E-state index is 0.658. The van der Waals surface area contributed by atoms with Gasteiger partial charge in [-0.25, -0.2) is 0 Å². The van der Waals surface area contributed by atoms with Gasteiger partial charge in [-0.2, -0.15) is 0 Å². The van der Waals surface area contributed by atoms with Crippen molar-refractivity contribution >= 4 is 17.3 Å². The van der Waals surface area contributed by atoms with Gasteiger partial charge in [0.25, 0.3) is 0 Å². The molecule has 19 heavy (non-hydrogen) atoms. The van der Waals surface area contributed by atoms with E-state index in [-0.39, 0.29) is 0 Å². The first-order chi connectivity index (χ1) is 9.19. The predicted octanol–water partition coefficient (Wildman–Crippen LogP) is 3.76. The largest absolute Gasteiger partial charge is 0.364 e. The maximum absolute atomic E-state index is 6.49. The Hall–Kier alpha value is -0.730. The van der Waals surface area contributed by atoms with E-state index in [1.807, 2.05) is 0 Å². The molecule has 2 aliphatic rings. The normalized spacial score (nSPS) is 30.5. The van der Waals surface area contributed by atoms with Crippen molar-refractivity contribution in [2.45, 2.75) is 57.2 Å². The topological polar surface area (TPSA) is 15.3 Å². The number of rotatable bonds is 2. The van der Waals surface area contributed by atoms with E-state index < -0.39 is 0 Å². The molecule has 3 rings (SSSR count). The molecule has 2 saturated heterocycles. The van der Waals surface area contributed by atoms with Gasteiger partial charge in [0.1, 0.15) is 0 Å². The number of hydrogen-bond acceptors (Lipinski definition) is 2. The van der Waals surface area contributed by atoms with Crippen LogP contribution in [0, 0.1) is 6.92 Å². The van der Waals surface area contributed by atoms with Crippen LogP contribution in [0.4, 0.5) is 5.69 Å². The number of fused-ring (bicyclic) bond motifs is 2. The minimum absolute atomic E-state index is 0.658. The Kier molecular flexibility index (Phi) is 3.72. The molecule has 2 bridgehead atoms. The first-order valence-electron chi connectivity index (χ1n) is 7.41. The van der Waals surface area contributed by atoms with Crippen LogP contribution in [0.3, 0.4) is 0 Å². The molecule has 0 aromatic heterocycles. The lowest BCUT2D eigenvalue weighted by Crippen LogP contribution is -2.56. The molecule has 0 spiro atoms. The summed E-state index contributed by atoms with van der Waals surface area (Å²) in [4.78, 5) is 2.61. The zero-order chi connectivity index (χ0) is 13.4. The van der Waals surface area contributed by atoms with E-state index in [2.05, 4.69) is 42.4 Å². The van der Waals surface area contributed by atoms with Crippen LogP contribution in [0.25, 0.3) is 0 Å². The number of nitrogens with one attached hydrogen (secondary N) is 1. The standard InChI is InChI=1S/C16H23ClN2/c1-11-6-7-16(15(17)8-11)19-13-4-3-5-14(19)10-12(9-13)18-2/h6-8,12-14,18H,3-5,9-10H2,1-2H3.